The zero-order valence-electron chi connectivity index (χ0n) is 10.1. The van der Waals surface area contributed by atoms with Crippen LogP contribution in [0.1, 0.15) is 5.82 Å². The van der Waals surface area contributed by atoms with E-state index in [1.165, 1.54) is 20.4 Å². The van der Waals surface area contributed by atoms with Crippen LogP contribution in [0.2, 0.25) is 0 Å². The van der Waals surface area contributed by atoms with Gasteiger partial charge in [-0.2, -0.15) is 0 Å². The zero-order chi connectivity index (χ0) is 12.9. The van der Waals surface area contributed by atoms with E-state index in [1.807, 2.05) is 0 Å². The highest BCUT2D eigenvalue weighted by atomic mass is 32.2. The quantitative estimate of drug-likeness (QED) is 0.702. The Labute approximate surface area is 101 Å². The number of aromatic amines is 1. The van der Waals surface area contributed by atoms with Crippen molar-refractivity contribution in [1.29, 1.82) is 0 Å². The van der Waals surface area contributed by atoms with E-state index < -0.39 is 10.0 Å². The molecular formula is C9H17N3O4S. The summed E-state index contributed by atoms with van der Waals surface area (Å²) < 4.78 is 35.9. The van der Waals surface area contributed by atoms with Crippen molar-refractivity contribution in [3.63, 3.8) is 0 Å². The molecule has 1 aromatic heterocycles. The summed E-state index contributed by atoms with van der Waals surface area (Å²) in [6, 6.07) is 0. The number of imidazole rings is 1. The normalized spacial score (nSPS) is 13.8. The second kappa shape index (κ2) is 6.10. The average molecular weight is 263 g/mol. The first-order valence-corrected chi connectivity index (χ1v) is 6.51. The van der Waals surface area contributed by atoms with Gasteiger partial charge in [0.25, 0.3) is 10.0 Å². The first kappa shape index (κ1) is 14.1. The van der Waals surface area contributed by atoms with E-state index in [2.05, 4.69) is 14.7 Å². The lowest BCUT2D eigenvalue weighted by molar-refractivity contribution is 0.0320. The van der Waals surface area contributed by atoms with E-state index in [4.69, 9.17) is 9.47 Å². The second-order valence-electron chi connectivity index (χ2n) is 3.50. The Balaban J connectivity index is 2.61. The maximum absolute atomic E-state index is 11.8. The molecule has 0 aromatic carbocycles. The third kappa shape index (κ3) is 4.08. The number of methoxy groups -OCH3 is 2. The van der Waals surface area contributed by atoms with Crippen LogP contribution in [0, 0.1) is 6.92 Å². The van der Waals surface area contributed by atoms with Crippen molar-refractivity contribution < 1.29 is 17.9 Å². The number of ether oxygens (including phenoxy) is 2. The number of H-pyrrole nitrogens is 1. The minimum atomic E-state index is -3.57. The number of aromatic nitrogens is 2. The third-order valence-electron chi connectivity index (χ3n) is 2.16. The van der Waals surface area contributed by atoms with Crippen LogP contribution >= 0.6 is 0 Å². The topological polar surface area (TPSA) is 93.3 Å². The molecule has 1 heterocycles. The lowest BCUT2D eigenvalue weighted by Gasteiger charge is -2.14. The number of aryl methyl sites for hydroxylation is 1. The van der Waals surface area contributed by atoms with Gasteiger partial charge in [-0.25, -0.2) is 18.1 Å². The molecule has 0 aliphatic carbocycles. The lowest BCUT2D eigenvalue weighted by Crippen LogP contribution is -2.35. The summed E-state index contributed by atoms with van der Waals surface area (Å²) in [6.45, 7) is 2.15. The lowest BCUT2D eigenvalue weighted by atomic mass is 10.4. The van der Waals surface area contributed by atoms with Crippen LogP contribution in [0.3, 0.4) is 0 Å². The maximum Gasteiger partial charge on any atom is 0.257 e. The van der Waals surface area contributed by atoms with Crippen molar-refractivity contribution in [2.75, 3.05) is 27.4 Å². The molecule has 0 aliphatic heterocycles. The molecule has 2 N–H and O–H groups in total. The van der Waals surface area contributed by atoms with Crippen LogP contribution < -0.4 is 4.72 Å². The standard InChI is InChI=1S/C9H17N3O4S/c1-7-10-5-9(12-7)17(13,14)11-4-8(16-3)6-15-2/h5,8,11H,4,6H2,1-3H3,(H,10,12). The first-order valence-electron chi connectivity index (χ1n) is 5.02. The van der Waals surface area contributed by atoms with E-state index in [9.17, 15) is 8.42 Å². The Morgan fingerprint density at radius 1 is 1.53 bits per heavy atom. The Kier molecular flexibility index (Phi) is 5.06. The Morgan fingerprint density at radius 2 is 2.24 bits per heavy atom. The molecule has 1 unspecified atom stereocenters. The molecule has 0 radical (unpaired) electrons. The number of hydrogen-bond acceptors (Lipinski definition) is 5. The van der Waals surface area contributed by atoms with Crippen molar-refractivity contribution in [3.05, 3.63) is 12.0 Å². The van der Waals surface area contributed by atoms with Crippen LogP contribution in [0.5, 0.6) is 0 Å². The molecule has 0 fully saturated rings. The van der Waals surface area contributed by atoms with E-state index >= 15 is 0 Å². The van der Waals surface area contributed by atoms with Crippen LogP contribution in [0.25, 0.3) is 0 Å². The Morgan fingerprint density at radius 3 is 2.71 bits per heavy atom. The largest absolute Gasteiger partial charge is 0.382 e. The van der Waals surface area contributed by atoms with Gasteiger partial charge < -0.3 is 14.5 Å². The molecule has 1 atom stereocenters. The molecule has 8 heteroatoms. The van der Waals surface area contributed by atoms with Crippen LogP contribution in [-0.4, -0.2) is 51.9 Å². The number of rotatable bonds is 7. The van der Waals surface area contributed by atoms with Gasteiger partial charge >= 0.3 is 0 Å². The molecule has 7 nitrogen and oxygen atoms in total. The summed E-state index contributed by atoms with van der Waals surface area (Å²) in [5.41, 5.74) is 0. The fraction of sp³-hybridized carbons (Fsp3) is 0.667. The molecule has 98 valence electrons. The van der Waals surface area contributed by atoms with Crippen LogP contribution in [0.15, 0.2) is 11.2 Å². The SMILES string of the molecule is COCC(CNS(=O)(=O)c1cnc(C)[nH]1)OC. The predicted octanol–water partition coefficient (Wildman–Crippen LogP) is -0.342. The van der Waals surface area contributed by atoms with E-state index in [0.29, 0.717) is 12.4 Å². The minimum absolute atomic E-state index is 0.0438. The minimum Gasteiger partial charge on any atom is -0.382 e. The van der Waals surface area contributed by atoms with Crippen molar-refractivity contribution >= 4 is 10.0 Å². The molecule has 0 saturated heterocycles. The average Bonchev–Trinajstić information content (AvgIpc) is 2.72. The van der Waals surface area contributed by atoms with Gasteiger partial charge in [-0.3, -0.25) is 0 Å². The van der Waals surface area contributed by atoms with E-state index in [1.54, 1.807) is 6.92 Å². The summed E-state index contributed by atoms with van der Waals surface area (Å²) in [6.07, 6.45) is 0.953. The first-order chi connectivity index (χ1) is 7.99. The van der Waals surface area contributed by atoms with Gasteiger partial charge in [0, 0.05) is 20.8 Å². The summed E-state index contributed by atoms with van der Waals surface area (Å²) in [5.74, 6) is 0.547. The van der Waals surface area contributed by atoms with Crippen molar-refractivity contribution in [2.24, 2.45) is 0 Å². The number of nitrogens with zero attached hydrogens (tertiary/aromatic N) is 1. The second-order valence-corrected chi connectivity index (χ2v) is 5.23. The van der Waals surface area contributed by atoms with E-state index in [-0.39, 0.29) is 17.7 Å². The van der Waals surface area contributed by atoms with Gasteiger partial charge in [0.15, 0.2) is 5.03 Å². The molecule has 0 saturated carbocycles. The number of sulfonamides is 1. The molecule has 17 heavy (non-hydrogen) atoms. The highest BCUT2D eigenvalue weighted by molar-refractivity contribution is 7.89. The number of hydrogen-bond donors (Lipinski definition) is 2. The highest BCUT2D eigenvalue weighted by Crippen LogP contribution is 2.04. The molecule has 0 bridgehead atoms. The Bertz CT molecular complexity index is 443. The van der Waals surface area contributed by atoms with Crippen molar-refractivity contribution in [1.82, 2.24) is 14.7 Å². The highest BCUT2D eigenvalue weighted by Gasteiger charge is 2.18. The predicted molar refractivity (Wildman–Crippen MR) is 61.2 cm³/mol. The zero-order valence-corrected chi connectivity index (χ0v) is 10.9. The summed E-state index contributed by atoms with van der Waals surface area (Å²) >= 11 is 0. The van der Waals surface area contributed by atoms with Crippen molar-refractivity contribution in [2.45, 2.75) is 18.1 Å². The fourth-order valence-corrected chi connectivity index (χ4v) is 2.25. The monoisotopic (exact) mass is 263 g/mol. The van der Waals surface area contributed by atoms with Crippen LogP contribution in [-0.2, 0) is 19.5 Å². The molecular weight excluding hydrogens is 246 g/mol. The molecule has 1 rings (SSSR count). The van der Waals surface area contributed by atoms with Crippen LogP contribution in [0.4, 0.5) is 0 Å². The summed E-state index contributed by atoms with van der Waals surface area (Å²) in [5, 5.41) is 0.0438. The fourth-order valence-electron chi connectivity index (χ4n) is 1.21. The molecule has 0 amide bonds. The van der Waals surface area contributed by atoms with Gasteiger partial charge in [0.1, 0.15) is 5.82 Å². The maximum atomic E-state index is 11.8. The Hall–Kier alpha value is -0.960. The van der Waals surface area contributed by atoms with E-state index in [0.717, 1.165) is 0 Å². The van der Waals surface area contributed by atoms with Gasteiger partial charge in [0.05, 0.1) is 18.9 Å². The smallest absolute Gasteiger partial charge is 0.257 e. The van der Waals surface area contributed by atoms with Gasteiger partial charge in [-0.05, 0) is 6.92 Å². The third-order valence-corrected chi connectivity index (χ3v) is 3.49. The molecule has 0 aliphatic rings. The molecule has 1 aromatic rings. The van der Waals surface area contributed by atoms with Gasteiger partial charge in [-0.1, -0.05) is 0 Å². The van der Waals surface area contributed by atoms with Gasteiger partial charge in [-0.15, -0.1) is 0 Å². The molecule has 0 spiro atoms. The van der Waals surface area contributed by atoms with Crippen molar-refractivity contribution in [3.8, 4) is 0 Å². The summed E-state index contributed by atoms with van der Waals surface area (Å²) in [7, 11) is -0.542. The number of nitrogens with one attached hydrogen (secondary N) is 2. The summed E-state index contributed by atoms with van der Waals surface area (Å²) in [4.78, 5) is 6.49. The van der Waals surface area contributed by atoms with Gasteiger partial charge in [0.2, 0.25) is 0 Å².